The third-order valence-electron chi connectivity index (χ3n) is 3.99. The van der Waals surface area contributed by atoms with Crippen LogP contribution in [0.5, 0.6) is 0 Å². The van der Waals surface area contributed by atoms with Crippen molar-refractivity contribution in [3.05, 3.63) is 72.8 Å². The summed E-state index contributed by atoms with van der Waals surface area (Å²) < 4.78 is 6.04. The fraction of sp³-hybridized carbons (Fsp3) is 0.182. The van der Waals surface area contributed by atoms with Crippen molar-refractivity contribution in [1.82, 2.24) is 0 Å². The first-order valence-corrected chi connectivity index (χ1v) is 8.30. The second kappa shape index (κ2) is 7.15. The molecule has 0 amide bonds. The van der Waals surface area contributed by atoms with E-state index in [1.807, 2.05) is 24.3 Å². The predicted octanol–water partition coefficient (Wildman–Crippen LogP) is 7.06. The summed E-state index contributed by atoms with van der Waals surface area (Å²) in [5, 5.41) is 2.35. The van der Waals surface area contributed by atoms with Crippen LogP contribution < -0.4 is 0 Å². The van der Waals surface area contributed by atoms with Crippen LogP contribution in [0, 0.1) is 0 Å². The molecule has 4 rings (SSSR count). The second-order valence-electron chi connectivity index (χ2n) is 5.65. The minimum atomic E-state index is 0.945. The van der Waals surface area contributed by atoms with E-state index in [4.69, 9.17) is 4.42 Å². The van der Waals surface area contributed by atoms with Gasteiger partial charge >= 0.3 is 0 Å². The molecule has 0 unspecified atom stereocenters. The summed E-state index contributed by atoms with van der Waals surface area (Å²) >= 11 is 0. The molecular weight excluding hydrogens is 280 g/mol. The summed E-state index contributed by atoms with van der Waals surface area (Å²) in [7, 11) is 0. The van der Waals surface area contributed by atoms with Crippen LogP contribution in [0.1, 0.15) is 26.7 Å². The fourth-order valence-electron chi connectivity index (χ4n) is 2.59. The molecule has 4 aromatic rings. The summed E-state index contributed by atoms with van der Waals surface area (Å²) in [4.78, 5) is 0. The second-order valence-corrected chi connectivity index (χ2v) is 5.65. The van der Waals surface area contributed by atoms with Gasteiger partial charge in [0.2, 0.25) is 0 Å². The van der Waals surface area contributed by atoms with Crippen LogP contribution in [0.25, 0.3) is 33.1 Å². The van der Waals surface area contributed by atoms with Crippen molar-refractivity contribution in [2.75, 3.05) is 0 Å². The lowest BCUT2D eigenvalue weighted by Crippen LogP contribution is -1.77. The molecule has 1 heterocycles. The summed E-state index contributed by atoms with van der Waals surface area (Å²) in [6, 6.07) is 24.9. The van der Waals surface area contributed by atoms with Crippen LogP contribution in [0.3, 0.4) is 0 Å². The molecule has 0 N–H and O–H groups in total. The van der Waals surface area contributed by atoms with Gasteiger partial charge in [0.05, 0.1) is 0 Å². The van der Waals surface area contributed by atoms with Gasteiger partial charge in [-0.15, -0.1) is 0 Å². The third-order valence-corrected chi connectivity index (χ3v) is 3.99. The van der Waals surface area contributed by atoms with E-state index in [0.29, 0.717) is 0 Å². The minimum absolute atomic E-state index is 0.945. The molecule has 0 aliphatic heterocycles. The van der Waals surface area contributed by atoms with E-state index in [1.165, 1.54) is 29.2 Å². The molecule has 0 radical (unpaired) electrons. The molecule has 0 bridgehead atoms. The normalized spacial score (nSPS) is 10.5. The molecule has 0 aliphatic rings. The molecule has 3 aromatic carbocycles. The summed E-state index contributed by atoms with van der Waals surface area (Å²) in [5.74, 6) is 0. The van der Waals surface area contributed by atoms with Crippen LogP contribution >= 0.6 is 0 Å². The monoisotopic (exact) mass is 302 g/mol. The Hall–Kier alpha value is -2.54. The van der Waals surface area contributed by atoms with Gasteiger partial charge in [-0.05, 0) is 11.6 Å². The first-order valence-electron chi connectivity index (χ1n) is 8.30. The van der Waals surface area contributed by atoms with Crippen molar-refractivity contribution < 1.29 is 4.42 Å². The van der Waals surface area contributed by atoms with E-state index >= 15 is 0 Å². The quantitative estimate of drug-likeness (QED) is 0.386. The zero-order valence-corrected chi connectivity index (χ0v) is 13.8. The fourth-order valence-corrected chi connectivity index (χ4v) is 2.59. The molecule has 0 saturated heterocycles. The van der Waals surface area contributed by atoms with Crippen molar-refractivity contribution in [1.29, 1.82) is 0 Å². The SMILES string of the molecule is CCCC.c1ccc(-c2cccc3c2oc2ccccc23)cc1. The van der Waals surface area contributed by atoms with Gasteiger partial charge in [0.15, 0.2) is 0 Å². The molecule has 116 valence electrons. The zero-order chi connectivity index (χ0) is 16.1. The molecule has 0 aliphatic carbocycles. The maximum Gasteiger partial charge on any atom is 0.143 e. The lowest BCUT2D eigenvalue weighted by atomic mass is 10.0. The van der Waals surface area contributed by atoms with Gasteiger partial charge in [0.1, 0.15) is 11.2 Å². The Bertz CT molecular complexity index is 886. The van der Waals surface area contributed by atoms with Gasteiger partial charge < -0.3 is 4.42 Å². The maximum atomic E-state index is 6.04. The number of fused-ring (bicyclic) bond motifs is 3. The first-order chi connectivity index (χ1) is 11.3. The molecule has 0 saturated carbocycles. The van der Waals surface area contributed by atoms with Gasteiger partial charge in [-0.1, -0.05) is 93.4 Å². The lowest BCUT2D eigenvalue weighted by molar-refractivity contribution is 0.670. The van der Waals surface area contributed by atoms with Gasteiger partial charge in [0.25, 0.3) is 0 Å². The molecule has 0 fully saturated rings. The van der Waals surface area contributed by atoms with E-state index < -0.39 is 0 Å². The Morgan fingerprint density at radius 3 is 2.04 bits per heavy atom. The highest BCUT2D eigenvalue weighted by molar-refractivity contribution is 6.09. The largest absolute Gasteiger partial charge is 0.455 e. The summed E-state index contributed by atoms with van der Waals surface area (Å²) in [5.41, 5.74) is 4.25. The van der Waals surface area contributed by atoms with Crippen molar-refractivity contribution in [3.63, 3.8) is 0 Å². The van der Waals surface area contributed by atoms with E-state index in [9.17, 15) is 0 Å². The highest BCUT2D eigenvalue weighted by Crippen LogP contribution is 2.35. The van der Waals surface area contributed by atoms with Gasteiger partial charge in [-0.25, -0.2) is 0 Å². The zero-order valence-electron chi connectivity index (χ0n) is 13.8. The standard InChI is InChI=1S/C18H12O.C4H10/c1-2-7-13(8-3-1)14-10-6-11-16-15-9-4-5-12-17(15)19-18(14)16;1-3-4-2/h1-12H;3-4H2,1-2H3. The Balaban J connectivity index is 0.000000354. The lowest BCUT2D eigenvalue weighted by Gasteiger charge is -2.01. The minimum Gasteiger partial charge on any atom is -0.455 e. The van der Waals surface area contributed by atoms with Crippen molar-refractivity contribution in [3.8, 4) is 11.1 Å². The van der Waals surface area contributed by atoms with E-state index in [-0.39, 0.29) is 0 Å². The molecule has 23 heavy (non-hydrogen) atoms. The summed E-state index contributed by atoms with van der Waals surface area (Å²) in [6.45, 7) is 4.36. The number of furan rings is 1. The Kier molecular flexibility index (Phi) is 4.77. The smallest absolute Gasteiger partial charge is 0.143 e. The van der Waals surface area contributed by atoms with Gasteiger partial charge in [0, 0.05) is 16.3 Å². The van der Waals surface area contributed by atoms with Crippen LogP contribution in [-0.4, -0.2) is 0 Å². The number of hydrogen-bond donors (Lipinski definition) is 0. The average molecular weight is 302 g/mol. The number of benzene rings is 3. The summed E-state index contributed by atoms with van der Waals surface area (Å²) in [6.07, 6.45) is 2.64. The van der Waals surface area contributed by atoms with E-state index in [0.717, 1.165) is 16.7 Å². The van der Waals surface area contributed by atoms with E-state index in [2.05, 4.69) is 62.4 Å². The average Bonchev–Trinajstić information content (AvgIpc) is 3.01. The Morgan fingerprint density at radius 1 is 0.652 bits per heavy atom. The van der Waals surface area contributed by atoms with Crippen molar-refractivity contribution >= 4 is 21.9 Å². The number of unbranched alkanes of at least 4 members (excludes halogenated alkanes) is 1. The topological polar surface area (TPSA) is 13.1 Å². The van der Waals surface area contributed by atoms with Gasteiger partial charge in [-0.2, -0.15) is 0 Å². The van der Waals surface area contributed by atoms with Crippen molar-refractivity contribution in [2.45, 2.75) is 26.7 Å². The van der Waals surface area contributed by atoms with Crippen LogP contribution in [-0.2, 0) is 0 Å². The highest BCUT2D eigenvalue weighted by atomic mass is 16.3. The molecule has 1 nitrogen and oxygen atoms in total. The maximum absolute atomic E-state index is 6.04. The highest BCUT2D eigenvalue weighted by Gasteiger charge is 2.10. The van der Waals surface area contributed by atoms with Crippen molar-refractivity contribution in [2.24, 2.45) is 0 Å². The molecule has 0 spiro atoms. The third kappa shape index (κ3) is 3.14. The van der Waals surface area contributed by atoms with Gasteiger partial charge in [-0.3, -0.25) is 0 Å². The number of hydrogen-bond acceptors (Lipinski definition) is 1. The first kappa shape index (κ1) is 15.4. The van der Waals surface area contributed by atoms with Crippen LogP contribution in [0.4, 0.5) is 0 Å². The Morgan fingerprint density at radius 2 is 1.30 bits per heavy atom. The molecule has 1 aromatic heterocycles. The van der Waals surface area contributed by atoms with E-state index in [1.54, 1.807) is 0 Å². The predicted molar refractivity (Wildman–Crippen MR) is 99.7 cm³/mol. The number of para-hydroxylation sites is 2. The van der Waals surface area contributed by atoms with Crippen LogP contribution in [0.2, 0.25) is 0 Å². The Labute approximate surface area is 137 Å². The molecular formula is C22H22O. The number of rotatable bonds is 2. The van der Waals surface area contributed by atoms with Crippen LogP contribution in [0.15, 0.2) is 77.2 Å². The molecule has 0 atom stereocenters. The molecule has 1 heteroatoms.